The maximum Gasteiger partial charge on any atom is 0.251 e. The van der Waals surface area contributed by atoms with Crippen LogP contribution in [0.15, 0.2) is 36.5 Å². The van der Waals surface area contributed by atoms with E-state index in [0.29, 0.717) is 41.0 Å². The van der Waals surface area contributed by atoms with Gasteiger partial charge < -0.3 is 21.3 Å². The number of nitrogens with zero attached hydrogens (tertiary/aromatic N) is 2. The Bertz CT molecular complexity index is 1130. The second-order valence-electron chi connectivity index (χ2n) is 10.4. The van der Waals surface area contributed by atoms with Crippen LogP contribution >= 0.6 is 0 Å². The molecule has 190 valence electrons. The Hall–Kier alpha value is -3.42. The van der Waals surface area contributed by atoms with Crippen LogP contribution in [0.1, 0.15) is 89.4 Å². The highest BCUT2D eigenvalue weighted by Crippen LogP contribution is 2.39. The molecule has 2 saturated heterocycles. The molecular formula is C28H35N5O3. The molecule has 5 rings (SSSR count). The number of fused-ring (bicyclic) bond motifs is 2. The minimum absolute atomic E-state index is 0.0780. The molecule has 4 N–H and O–H groups in total. The number of amides is 2. The number of primary amides is 1. The van der Waals surface area contributed by atoms with E-state index in [1.165, 1.54) is 0 Å². The van der Waals surface area contributed by atoms with E-state index in [0.717, 1.165) is 57.2 Å². The number of benzene rings is 1. The van der Waals surface area contributed by atoms with Gasteiger partial charge in [-0.2, -0.15) is 0 Å². The van der Waals surface area contributed by atoms with Crippen molar-refractivity contribution in [3.63, 3.8) is 0 Å². The summed E-state index contributed by atoms with van der Waals surface area (Å²) in [6.45, 7) is 2.81. The van der Waals surface area contributed by atoms with Gasteiger partial charge in [0.2, 0.25) is 0 Å². The van der Waals surface area contributed by atoms with Crippen LogP contribution in [0.4, 0.5) is 11.5 Å². The average Bonchev–Trinajstić information content (AvgIpc) is 3.69. The van der Waals surface area contributed by atoms with Crippen LogP contribution < -0.4 is 21.3 Å². The van der Waals surface area contributed by atoms with Crippen LogP contribution in [-0.2, 0) is 0 Å². The second-order valence-corrected chi connectivity index (χ2v) is 10.4. The zero-order valence-corrected chi connectivity index (χ0v) is 20.8. The minimum Gasteiger partial charge on any atom is -0.384 e. The summed E-state index contributed by atoms with van der Waals surface area (Å²) in [6.07, 6.45) is 9.56. The number of piperidine rings is 1. The number of ketones is 1. The molecule has 1 aromatic carbocycles. The van der Waals surface area contributed by atoms with Gasteiger partial charge in [-0.15, -0.1) is 0 Å². The van der Waals surface area contributed by atoms with Crippen LogP contribution in [0.2, 0.25) is 0 Å². The molecule has 0 spiro atoms. The normalized spacial score (nSPS) is 22.8. The number of hydrogen-bond donors (Lipinski definition) is 3. The van der Waals surface area contributed by atoms with Gasteiger partial charge in [-0.3, -0.25) is 14.4 Å². The lowest BCUT2D eigenvalue weighted by Crippen LogP contribution is -2.50. The van der Waals surface area contributed by atoms with Gasteiger partial charge in [0.05, 0.1) is 5.56 Å². The third-order valence-electron chi connectivity index (χ3n) is 7.71. The Balaban J connectivity index is 1.23. The number of carbonyl (C=O) groups excluding carboxylic acids is 3. The first kappa shape index (κ1) is 24.3. The van der Waals surface area contributed by atoms with Gasteiger partial charge in [-0.25, -0.2) is 4.98 Å². The van der Waals surface area contributed by atoms with Crippen molar-refractivity contribution in [3.8, 4) is 0 Å². The van der Waals surface area contributed by atoms with E-state index in [1.807, 2.05) is 12.1 Å². The Kier molecular flexibility index (Phi) is 6.94. The predicted octanol–water partition coefficient (Wildman–Crippen LogP) is 3.92. The zero-order valence-electron chi connectivity index (χ0n) is 20.8. The van der Waals surface area contributed by atoms with Crippen molar-refractivity contribution in [1.82, 2.24) is 10.3 Å². The molecule has 2 aliphatic heterocycles. The molecule has 0 radical (unpaired) electrons. The van der Waals surface area contributed by atoms with E-state index in [9.17, 15) is 14.4 Å². The van der Waals surface area contributed by atoms with Crippen molar-refractivity contribution in [3.05, 3.63) is 53.2 Å². The lowest BCUT2D eigenvalue weighted by atomic mass is 9.96. The molecule has 0 unspecified atom stereocenters. The summed E-state index contributed by atoms with van der Waals surface area (Å²) < 4.78 is 0. The third-order valence-corrected chi connectivity index (χ3v) is 7.71. The number of Topliss-reactive ketones (excluding diaryl/α,β-unsaturated/α-hetero) is 1. The van der Waals surface area contributed by atoms with E-state index in [4.69, 9.17) is 5.73 Å². The summed E-state index contributed by atoms with van der Waals surface area (Å²) in [5.74, 6) is 0.686. The van der Waals surface area contributed by atoms with Gasteiger partial charge in [-0.1, -0.05) is 13.3 Å². The van der Waals surface area contributed by atoms with Crippen molar-refractivity contribution in [1.29, 1.82) is 0 Å². The fourth-order valence-electron chi connectivity index (χ4n) is 5.65. The quantitative estimate of drug-likeness (QED) is 0.344. The SMILES string of the molecule is CCCCNc1cc(C(=O)N[C@H]2C[C@H]3CC[C@@H](C2)N3c2ccc(C(=O)C3CC3)cn2)ccc1C(N)=O. The van der Waals surface area contributed by atoms with Crippen molar-refractivity contribution < 1.29 is 14.4 Å². The summed E-state index contributed by atoms with van der Waals surface area (Å²) in [5.41, 5.74) is 7.76. The van der Waals surface area contributed by atoms with Crippen LogP contribution in [0, 0.1) is 5.92 Å². The molecule has 3 aliphatic rings. The summed E-state index contributed by atoms with van der Waals surface area (Å²) in [5, 5.41) is 6.47. The third kappa shape index (κ3) is 5.08. The number of pyridine rings is 1. The molecule has 1 aliphatic carbocycles. The molecule has 2 bridgehead atoms. The summed E-state index contributed by atoms with van der Waals surface area (Å²) in [7, 11) is 0. The van der Waals surface area contributed by atoms with Gasteiger partial charge in [0.25, 0.3) is 11.8 Å². The van der Waals surface area contributed by atoms with E-state index in [2.05, 4.69) is 27.4 Å². The molecule has 3 heterocycles. The molecule has 1 saturated carbocycles. The first-order chi connectivity index (χ1) is 17.4. The highest BCUT2D eigenvalue weighted by molar-refractivity contribution is 6.02. The average molecular weight is 490 g/mol. The first-order valence-electron chi connectivity index (χ1n) is 13.2. The fraction of sp³-hybridized carbons (Fsp3) is 0.500. The van der Waals surface area contributed by atoms with Crippen LogP contribution in [-0.4, -0.2) is 47.3 Å². The molecule has 8 nitrogen and oxygen atoms in total. The Morgan fingerprint density at radius 2 is 1.75 bits per heavy atom. The van der Waals surface area contributed by atoms with Gasteiger partial charge in [0.15, 0.2) is 5.78 Å². The van der Waals surface area contributed by atoms with Crippen molar-refractivity contribution >= 4 is 29.1 Å². The van der Waals surface area contributed by atoms with E-state index >= 15 is 0 Å². The van der Waals surface area contributed by atoms with E-state index in [-0.39, 0.29) is 23.7 Å². The maximum absolute atomic E-state index is 13.1. The fourth-order valence-corrected chi connectivity index (χ4v) is 5.65. The number of unbranched alkanes of at least 4 members (excludes halogenated alkanes) is 1. The molecule has 1 aromatic heterocycles. The number of nitrogens with two attached hydrogens (primary N) is 1. The monoisotopic (exact) mass is 489 g/mol. The number of anilines is 2. The van der Waals surface area contributed by atoms with E-state index in [1.54, 1.807) is 24.4 Å². The molecule has 36 heavy (non-hydrogen) atoms. The molecule has 3 fully saturated rings. The minimum atomic E-state index is -0.511. The second kappa shape index (κ2) is 10.3. The molecule has 8 heteroatoms. The van der Waals surface area contributed by atoms with Gasteiger partial charge in [0.1, 0.15) is 5.82 Å². The highest BCUT2D eigenvalue weighted by Gasteiger charge is 2.42. The van der Waals surface area contributed by atoms with Gasteiger partial charge in [0, 0.05) is 53.6 Å². The lowest BCUT2D eigenvalue weighted by molar-refractivity contribution is 0.0924. The number of carbonyl (C=O) groups is 3. The number of rotatable bonds is 10. The smallest absolute Gasteiger partial charge is 0.251 e. The van der Waals surface area contributed by atoms with Gasteiger partial charge >= 0.3 is 0 Å². The van der Waals surface area contributed by atoms with Crippen molar-refractivity contribution in [2.24, 2.45) is 11.7 Å². The van der Waals surface area contributed by atoms with Crippen LogP contribution in [0.5, 0.6) is 0 Å². The largest absolute Gasteiger partial charge is 0.384 e. The van der Waals surface area contributed by atoms with Crippen molar-refractivity contribution in [2.45, 2.75) is 76.4 Å². The standard InChI is InChI=1S/C28H35N5O3/c1-2-3-12-30-24-13-18(6-10-23(24)27(29)35)28(36)32-20-14-21-8-9-22(15-20)33(21)25-11-7-19(16-31-25)26(34)17-4-5-17/h6-7,10-11,13,16-17,20-22,30H,2-5,8-9,12,14-15H2,1H3,(H2,29,35)(H,32,36)/t20-,21+,22-. The molecular weight excluding hydrogens is 454 g/mol. The summed E-state index contributed by atoms with van der Waals surface area (Å²) in [4.78, 5) is 44.3. The molecule has 3 atom stereocenters. The Labute approximate surface area is 212 Å². The summed E-state index contributed by atoms with van der Waals surface area (Å²) in [6, 6.07) is 9.62. The van der Waals surface area contributed by atoms with Gasteiger partial charge in [-0.05, 0) is 75.3 Å². The van der Waals surface area contributed by atoms with Crippen LogP contribution in [0.3, 0.4) is 0 Å². The Morgan fingerprint density at radius 3 is 2.36 bits per heavy atom. The highest BCUT2D eigenvalue weighted by atomic mass is 16.2. The molecule has 2 amide bonds. The molecule has 2 aromatic rings. The van der Waals surface area contributed by atoms with Crippen molar-refractivity contribution in [2.75, 3.05) is 16.8 Å². The zero-order chi connectivity index (χ0) is 25.2. The number of hydrogen-bond acceptors (Lipinski definition) is 6. The Morgan fingerprint density at radius 1 is 1.03 bits per heavy atom. The van der Waals surface area contributed by atoms with E-state index < -0.39 is 5.91 Å². The topological polar surface area (TPSA) is 117 Å². The number of aromatic nitrogens is 1. The lowest BCUT2D eigenvalue weighted by Gasteiger charge is -2.40. The first-order valence-corrected chi connectivity index (χ1v) is 13.2. The predicted molar refractivity (Wildman–Crippen MR) is 139 cm³/mol. The maximum atomic E-state index is 13.1. The number of nitrogens with one attached hydrogen (secondary N) is 2. The van der Waals surface area contributed by atoms with Crippen LogP contribution in [0.25, 0.3) is 0 Å². The summed E-state index contributed by atoms with van der Waals surface area (Å²) >= 11 is 0.